The molecule has 1 N–H and O–H groups in total. The van der Waals surface area contributed by atoms with Crippen LogP contribution < -0.4 is 10.1 Å². The first-order valence-electron chi connectivity index (χ1n) is 9.77. The van der Waals surface area contributed by atoms with Gasteiger partial charge in [0.1, 0.15) is 12.4 Å². The number of pyridine rings is 1. The lowest BCUT2D eigenvalue weighted by Gasteiger charge is -2.15. The molecule has 3 atom stereocenters. The number of rotatable bonds is 7. The summed E-state index contributed by atoms with van der Waals surface area (Å²) in [5, 5.41) is 3.15. The van der Waals surface area contributed by atoms with Gasteiger partial charge in [0, 0.05) is 28.3 Å². The van der Waals surface area contributed by atoms with E-state index in [0.29, 0.717) is 12.5 Å². The summed E-state index contributed by atoms with van der Waals surface area (Å²) in [4.78, 5) is 16.7. The molecule has 1 amide bonds. The van der Waals surface area contributed by atoms with Crippen molar-refractivity contribution in [1.82, 2.24) is 10.3 Å². The monoisotopic (exact) mass is 450 g/mol. The number of hydrogen-bond acceptors (Lipinski definition) is 3. The van der Waals surface area contributed by atoms with Crippen LogP contribution in [0.15, 0.2) is 77.5 Å². The molecule has 1 fully saturated rings. The summed E-state index contributed by atoms with van der Waals surface area (Å²) in [6.45, 7) is 2.50. The Labute approximate surface area is 179 Å². The third-order valence-corrected chi connectivity index (χ3v) is 5.76. The normalized spacial score (nSPS) is 18.7. The Bertz CT molecular complexity index is 976. The molecule has 148 valence electrons. The largest absolute Gasteiger partial charge is 0.489 e. The van der Waals surface area contributed by atoms with Gasteiger partial charge in [-0.25, -0.2) is 0 Å². The molecular formula is C24H23BrN2O2. The van der Waals surface area contributed by atoms with Gasteiger partial charge in [0.15, 0.2) is 0 Å². The van der Waals surface area contributed by atoms with E-state index in [1.54, 1.807) is 12.4 Å². The number of halogens is 1. The van der Waals surface area contributed by atoms with Crippen molar-refractivity contribution in [3.8, 4) is 5.75 Å². The molecule has 5 heteroatoms. The molecule has 0 aliphatic heterocycles. The molecular weight excluding hydrogens is 428 g/mol. The van der Waals surface area contributed by atoms with Crippen molar-refractivity contribution in [2.24, 2.45) is 5.92 Å². The van der Waals surface area contributed by atoms with Gasteiger partial charge in [0.25, 0.3) is 0 Å². The summed E-state index contributed by atoms with van der Waals surface area (Å²) in [7, 11) is 0. The van der Waals surface area contributed by atoms with E-state index in [0.717, 1.165) is 27.8 Å². The highest BCUT2D eigenvalue weighted by Crippen LogP contribution is 2.48. The van der Waals surface area contributed by atoms with Crippen molar-refractivity contribution >= 4 is 21.8 Å². The highest BCUT2D eigenvalue weighted by atomic mass is 79.9. The zero-order valence-electron chi connectivity index (χ0n) is 16.2. The van der Waals surface area contributed by atoms with Gasteiger partial charge in [-0.05, 0) is 60.7 Å². The van der Waals surface area contributed by atoms with E-state index in [1.807, 2.05) is 55.5 Å². The van der Waals surface area contributed by atoms with Crippen LogP contribution in [0.1, 0.15) is 42.0 Å². The van der Waals surface area contributed by atoms with Crippen LogP contribution in [-0.4, -0.2) is 10.9 Å². The Morgan fingerprint density at radius 1 is 1.21 bits per heavy atom. The van der Waals surface area contributed by atoms with Gasteiger partial charge in [-0.2, -0.15) is 0 Å². The SMILES string of the molecule is CC(NC(=O)C1CC1c1cccc(Br)c1)c1ccc(OCc2cccnc2)cc1. The van der Waals surface area contributed by atoms with E-state index < -0.39 is 0 Å². The van der Waals surface area contributed by atoms with Crippen LogP contribution in [0.2, 0.25) is 0 Å². The average molecular weight is 451 g/mol. The van der Waals surface area contributed by atoms with Gasteiger partial charge >= 0.3 is 0 Å². The van der Waals surface area contributed by atoms with Crippen LogP contribution in [0.3, 0.4) is 0 Å². The summed E-state index contributed by atoms with van der Waals surface area (Å²) in [6, 6.07) is 19.9. The van der Waals surface area contributed by atoms with Gasteiger partial charge in [-0.3, -0.25) is 9.78 Å². The van der Waals surface area contributed by atoms with Crippen molar-refractivity contribution in [2.45, 2.75) is 31.9 Å². The van der Waals surface area contributed by atoms with Crippen LogP contribution in [0.4, 0.5) is 0 Å². The standard InChI is InChI=1S/C24H23BrN2O2/c1-16(27-24(28)23-13-22(23)19-5-2-6-20(25)12-19)18-7-9-21(10-8-18)29-15-17-4-3-11-26-14-17/h2-12,14,16,22-23H,13,15H2,1H3,(H,27,28). The summed E-state index contributed by atoms with van der Waals surface area (Å²) in [6.07, 6.45) is 4.46. The first kappa shape index (κ1) is 19.6. The number of carbonyl (C=O) groups is 1. The minimum Gasteiger partial charge on any atom is -0.489 e. The number of benzene rings is 2. The van der Waals surface area contributed by atoms with Gasteiger partial charge in [-0.1, -0.05) is 46.3 Å². The van der Waals surface area contributed by atoms with Gasteiger partial charge < -0.3 is 10.1 Å². The minimum absolute atomic E-state index is 0.0429. The minimum atomic E-state index is -0.0429. The van der Waals surface area contributed by atoms with Crippen molar-refractivity contribution in [2.75, 3.05) is 0 Å². The molecule has 1 heterocycles. The van der Waals surface area contributed by atoms with Crippen LogP contribution in [0.5, 0.6) is 5.75 Å². The fourth-order valence-corrected chi connectivity index (χ4v) is 3.91. The Morgan fingerprint density at radius 2 is 2.03 bits per heavy atom. The fourth-order valence-electron chi connectivity index (χ4n) is 3.50. The number of nitrogens with zero attached hydrogens (tertiary/aromatic N) is 1. The lowest BCUT2D eigenvalue weighted by Crippen LogP contribution is -2.28. The second-order valence-electron chi connectivity index (χ2n) is 7.45. The molecule has 0 spiro atoms. The molecule has 1 aliphatic rings. The Kier molecular flexibility index (Phi) is 5.95. The van der Waals surface area contributed by atoms with Crippen molar-refractivity contribution in [3.63, 3.8) is 0 Å². The summed E-state index contributed by atoms with van der Waals surface area (Å²) in [5.74, 6) is 1.31. The van der Waals surface area contributed by atoms with Crippen molar-refractivity contribution in [3.05, 3.63) is 94.2 Å². The number of hydrogen-bond donors (Lipinski definition) is 1. The molecule has 1 aliphatic carbocycles. The molecule has 0 saturated heterocycles. The molecule has 2 aromatic carbocycles. The lowest BCUT2D eigenvalue weighted by molar-refractivity contribution is -0.123. The Hall–Kier alpha value is -2.66. The van der Waals surface area contributed by atoms with Crippen molar-refractivity contribution < 1.29 is 9.53 Å². The first-order valence-corrected chi connectivity index (χ1v) is 10.6. The van der Waals surface area contributed by atoms with Gasteiger partial charge in [-0.15, -0.1) is 0 Å². The van der Waals surface area contributed by atoms with E-state index in [1.165, 1.54) is 5.56 Å². The van der Waals surface area contributed by atoms with E-state index in [-0.39, 0.29) is 17.9 Å². The quantitative estimate of drug-likeness (QED) is 0.523. The smallest absolute Gasteiger partial charge is 0.224 e. The molecule has 4 rings (SSSR count). The summed E-state index contributed by atoms with van der Waals surface area (Å²) in [5.41, 5.74) is 3.32. The van der Waals surface area contributed by atoms with E-state index in [9.17, 15) is 4.79 Å². The maximum absolute atomic E-state index is 12.6. The molecule has 3 unspecified atom stereocenters. The van der Waals surface area contributed by atoms with Gasteiger partial charge in [0.05, 0.1) is 6.04 Å². The molecule has 0 radical (unpaired) electrons. The van der Waals surface area contributed by atoms with Gasteiger partial charge in [0.2, 0.25) is 5.91 Å². The Balaban J connectivity index is 1.29. The molecule has 29 heavy (non-hydrogen) atoms. The topological polar surface area (TPSA) is 51.2 Å². The maximum atomic E-state index is 12.6. The fraction of sp³-hybridized carbons (Fsp3) is 0.250. The number of carbonyl (C=O) groups excluding carboxylic acids is 1. The number of amides is 1. The zero-order chi connectivity index (χ0) is 20.2. The predicted molar refractivity (Wildman–Crippen MR) is 117 cm³/mol. The highest BCUT2D eigenvalue weighted by Gasteiger charge is 2.44. The van der Waals surface area contributed by atoms with E-state index in [2.05, 4.69) is 38.4 Å². The zero-order valence-corrected chi connectivity index (χ0v) is 17.8. The van der Waals surface area contributed by atoms with Crippen LogP contribution in [-0.2, 0) is 11.4 Å². The third-order valence-electron chi connectivity index (χ3n) is 5.27. The number of nitrogens with one attached hydrogen (secondary N) is 1. The number of ether oxygens (including phenoxy) is 1. The third kappa shape index (κ3) is 5.04. The first-order chi connectivity index (χ1) is 14.1. The molecule has 1 aromatic heterocycles. The molecule has 4 nitrogen and oxygen atoms in total. The van der Waals surface area contributed by atoms with Crippen LogP contribution in [0, 0.1) is 5.92 Å². The number of aromatic nitrogens is 1. The van der Waals surface area contributed by atoms with Crippen molar-refractivity contribution in [1.29, 1.82) is 0 Å². The van der Waals surface area contributed by atoms with Crippen LogP contribution >= 0.6 is 15.9 Å². The molecule has 3 aromatic rings. The van der Waals surface area contributed by atoms with E-state index in [4.69, 9.17) is 4.74 Å². The van der Waals surface area contributed by atoms with Crippen LogP contribution in [0.25, 0.3) is 0 Å². The molecule has 1 saturated carbocycles. The maximum Gasteiger partial charge on any atom is 0.224 e. The molecule has 0 bridgehead atoms. The summed E-state index contributed by atoms with van der Waals surface area (Å²) >= 11 is 3.50. The lowest BCUT2D eigenvalue weighted by atomic mass is 10.1. The average Bonchev–Trinajstić information content (AvgIpc) is 3.54. The van der Waals surface area contributed by atoms with E-state index >= 15 is 0 Å². The Morgan fingerprint density at radius 3 is 2.76 bits per heavy atom. The predicted octanol–water partition coefficient (Wildman–Crippen LogP) is 5.40. The summed E-state index contributed by atoms with van der Waals surface area (Å²) < 4.78 is 6.85. The second kappa shape index (κ2) is 8.78. The second-order valence-corrected chi connectivity index (χ2v) is 8.37. The highest BCUT2D eigenvalue weighted by molar-refractivity contribution is 9.10.